The van der Waals surface area contributed by atoms with Gasteiger partial charge in [0.25, 0.3) is 0 Å². The van der Waals surface area contributed by atoms with E-state index in [2.05, 4.69) is 17.5 Å². The summed E-state index contributed by atoms with van der Waals surface area (Å²) in [7, 11) is 0. The molecule has 1 aliphatic carbocycles. The Labute approximate surface area is 131 Å². The van der Waals surface area contributed by atoms with Gasteiger partial charge in [0.05, 0.1) is 12.6 Å². The van der Waals surface area contributed by atoms with Gasteiger partial charge in [-0.15, -0.1) is 11.3 Å². The zero-order valence-corrected chi connectivity index (χ0v) is 13.4. The second-order valence-electron chi connectivity index (χ2n) is 6.34. The molecule has 1 amide bonds. The van der Waals surface area contributed by atoms with Crippen LogP contribution in [0.15, 0.2) is 17.5 Å². The molecule has 1 aromatic rings. The molecular weight excluding hydrogens is 282 g/mol. The van der Waals surface area contributed by atoms with Crippen molar-refractivity contribution in [2.45, 2.75) is 57.6 Å². The number of ether oxygens (including phenoxy) is 1. The first kappa shape index (κ1) is 15.0. The Bertz CT molecular complexity index is 434. The van der Waals surface area contributed by atoms with Gasteiger partial charge in [0.2, 0.25) is 5.91 Å². The Morgan fingerprint density at radius 2 is 2.14 bits per heavy atom. The summed E-state index contributed by atoms with van der Waals surface area (Å²) in [5.74, 6) is 0.943. The van der Waals surface area contributed by atoms with Crippen molar-refractivity contribution in [3.8, 4) is 0 Å². The zero-order chi connectivity index (χ0) is 14.5. The van der Waals surface area contributed by atoms with Crippen LogP contribution in [0.25, 0.3) is 0 Å². The van der Waals surface area contributed by atoms with Crippen LogP contribution >= 0.6 is 11.3 Å². The van der Waals surface area contributed by atoms with Crippen LogP contribution in [0.3, 0.4) is 0 Å². The molecule has 2 heterocycles. The highest BCUT2D eigenvalue weighted by atomic mass is 32.1. The molecule has 1 saturated heterocycles. The Hall–Kier alpha value is -0.870. The number of hydrogen-bond donors (Lipinski definition) is 0. The standard InChI is InChI=1S/C17H25NO2S/c19-17(11-14-5-1-2-6-14)18(12-15-7-3-9-20-15)13-16-8-4-10-21-16/h4,8,10,14-15H,1-3,5-7,9,11-13H2. The second-order valence-corrected chi connectivity index (χ2v) is 7.38. The van der Waals surface area contributed by atoms with Crippen molar-refractivity contribution in [2.75, 3.05) is 13.2 Å². The van der Waals surface area contributed by atoms with Crippen LogP contribution in [0.4, 0.5) is 0 Å². The highest BCUT2D eigenvalue weighted by Crippen LogP contribution is 2.28. The second kappa shape index (κ2) is 7.41. The van der Waals surface area contributed by atoms with E-state index in [4.69, 9.17) is 4.74 Å². The van der Waals surface area contributed by atoms with Gasteiger partial charge in [0.1, 0.15) is 0 Å². The van der Waals surface area contributed by atoms with E-state index in [9.17, 15) is 4.79 Å². The van der Waals surface area contributed by atoms with Gasteiger partial charge >= 0.3 is 0 Å². The highest BCUT2D eigenvalue weighted by Gasteiger charge is 2.26. The fourth-order valence-corrected chi connectivity index (χ4v) is 4.19. The minimum absolute atomic E-state index is 0.248. The van der Waals surface area contributed by atoms with E-state index in [0.717, 1.165) is 39.0 Å². The highest BCUT2D eigenvalue weighted by molar-refractivity contribution is 7.09. The lowest BCUT2D eigenvalue weighted by atomic mass is 10.0. The number of nitrogens with zero attached hydrogens (tertiary/aromatic N) is 1. The molecule has 1 saturated carbocycles. The van der Waals surface area contributed by atoms with E-state index in [1.807, 2.05) is 4.90 Å². The number of carbonyl (C=O) groups excluding carboxylic acids is 1. The molecule has 116 valence electrons. The van der Waals surface area contributed by atoms with E-state index in [1.165, 1.54) is 30.6 Å². The maximum atomic E-state index is 12.7. The summed E-state index contributed by atoms with van der Waals surface area (Å²) >= 11 is 1.73. The molecule has 4 heteroatoms. The SMILES string of the molecule is O=C(CC1CCCC1)N(Cc1cccs1)CC1CCCO1. The quantitative estimate of drug-likeness (QED) is 0.799. The number of thiophene rings is 1. The van der Waals surface area contributed by atoms with E-state index in [1.54, 1.807) is 11.3 Å². The van der Waals surface area contributed by atoms with Crippen molar-refractivity contribution in [3.63, 3.8) is 0 Å². The topological polar surface area (TPSA) is 29.5 Å². The largest absolute Gasteiger partial charge is 0.376 e. The first-order valence-corrected chi connectivity index (χ1v) is 9.11. The number of rotatable bonds is 6. The molecule has 1 aromatic heterocycles. The van der Waals surface area contributed by atoms with Crippen molar-refractivity contribution in [1.29, 1.82) is 0 Å². The van der Waals surface area contributed by atoms with Gasteiger partial charge in [0, 0.05) is 24.4 Å². The molecule has 1 atom stereocenters. The maximum Gasteiger partial charge on any atom is 0.223 e. The molecule has 0 radical (unpaired) electrons. The van der Waals surface area contributed by atoms with E-state index in [-0.39, 0.29) is 6.10 Å². The van der Waals surface area contributed by atoms with E-state index in [0.29, 0.717) is 11.8 Å². The lowest BCUT2D eigenvalue weighted by Gasteiger charge is -2.26. The molecule has 21 heavy (non-hydrogen) atoms. The minimum Gasteiger partial charge on any atom is -0.376 e. The molecule has 0 bridgehead atoms. The van der Waals surface area contributed by atoms with Crippen LogP contribution < -0.4 is 0 Å². The minimum atomic E-state index is 0.248. The van der Waals surface area contributed by atoms with Crippen molar-refractivity contribution in [3.05, 3.63) is 22.4 Å². The normalized spacial score (nSPS) is 22.8. The number of carbonyl (C=O) groups is 1. The van der Waals surface area contributed by atoms with Gasteiger partial charge in [-0.2, -0.15) is 0 Å². The van der Waals surface area contributed by atoms with E-state index < -0.39 is 0 Å². The summed E-state index contributed by atoms with van der Waals surface area (Å²) in [6.07, 6.45) is 8.28. The monoisotopic (exact) mass is 307 g/mol. The van der Waals surface area contributed by atoms with Crippen LogP contribution in [0, 0.1) is 5.92 Å². The molecule has 2 aliphatic rings. The van der Waals surface area contributed by atoms with Crippen molar-refractivity contribution >= 4 is 17.2 Å². The molecule has 2 fully saturated rings. The van der Waals surface area contributed by atoms with Crippen LogP contribution in [0.1, 0.15) is 49.8 Å². The predicted octanol–water partition coefficient (Wildman–Crippen LogP) is 3.84. The van der Waals surface area contributed by atoms with Crippen molar-refractivity contribution in [2.24, 2.45) is 5.92 Å². The third-order valence-corrected chi connectivity index (χ3v) is 5.53. The van der Waals surface area contributed by atoms with Crippen LogP contribution in [-0.4, -0.2) is 30.1 Å². The summed E-state index contributed by atoms with van der Waals surface area (Å²) in [5, 5.41) is 2.08. The first-order valence-electron chi connectivity index (χ1n) is 8.23. The van der Waals surface area contributed by atoms with Crippen molar-refractivity contribution < 1.29 is 9.53 Å². The molecular formula is C17H25NO2S. The zero-order valence-electron chi connectivity index (χ0n) is 12.6. The summed E-state index contributed by atoms with van der Waals surface area (Å²) in [6, 6.07) is 4.18. The van der Waals surface area contributed by atoms with Crippen LogP contribution in [0.2, 0.25) is 0 Å². The summed E-state index contributed by atoms with van der Waals surface area (Å²) in [5.41, 5.74) is 0. The predicted molar refractivity (Wildman–Crippen MR) is 85.3 cm³/mol. The van der Waals surface area contributed by atoms with Gasteiger partial charge in [-0.3, -0.25) is 4.79 Å². The molecule has 0 spiro atoms. The van der Waals surface area contributed by atoms with Crippen LogP contribution in [-0.2, 0) is 16.1 Å². The smallest absolute Gasteiger partial charge is 0.223 e. The fourth-order valence-electron chi connectivity index (χ4n) is 3.47. The third kappa shape index (κ3) is 4.30. The molecule has 1 unspecified atom stereocenters. The Kier molecular flexibility index (Phi) is 5.31. The lowest BCUT2D eigenvalue weighted by molar-refractivity contribution is -0.134. The lowest BCUT2D eigenvalue weighted by Crippen LogP contribution is -2.37. The maximum absolute atomic E-state index is 12.7. The molecule has 3 rings (SSSR count). The van der Waals surface area contributed by atoms with Gasteiger partial charge in [-0.05, 0) is 43.0 Å². The van der Waals surface area contributed by atoms with E-state index >= 15 is 0 Å². The van der Waals surface area contributed by atoms with Crippen LogP contribution in [0.5, 0.6) is 0 Å². The summed E-state index contributed by atoms with van der Waals surface area (Å²) < 4.78 is 5.73. The third-order valence-electron chi connectivity index (χ3n) is 4.67. The van der Waals surface area contributed by atoms with Gasteiger partial charge < -0.3 is 9.64 Å². The summed E-state index contributed by atoms with van der Waals surface area (Å²) in [4.78, 5) is 16.0. The Morgan fingerprint density at radius 3 is 2.81 bits per heavy atom. The van der Waals surface area contributed by atoms with Gasteiger partial charge in [0.15, 0.2) is 0 Å². The number of hydrogen-bond acceptors (Lipinski definition) is 3. The Balaban J connectivity index is 1.60. The number of amides is 1. The average Bonchev–Trinajstić information content (AvgIpc) is 3.21. The summed E-state index contributed by atoms with van der Waals surface area (Å²) in [6.45, 7) is 2.38. The first-order chi connectivity index (χ1) is 10.3. The van der Waals surface area contributed by atoms with Crippen molar-refractivity contribution in [1.82, 2.24) is 4.90 Å². The molecule has 0 aromatic carbocycles. The molecule has 3 nitrogen and oxygen atoms in total. The fraction of sp³-hybridized carbons (Fsp3) is 0.706. The average molecular weight is 307 g/mol. The Morgan fingerprint density at radius 1 is 1.29 bits per heavy atom. The molecule has 1 aliphatic heterocycles. The van der Waals surface area contributed by atoms with Gasteiger partial charge in [-0.1, -0.05) is 18.9 Å². The van der Waals surface area contributed by atoms with Gasteiger partial charge in [-0.25, -0.2) is 0 Å². The molecule has 0 N–H and O–H groups in total.